The Kier molecular flexibility index (Phi) is 4.81. The van der Waals surface area contributed by atoms with Crippen LogP contribution in [0.2, 0.25) is 0 Å². The minimum Gasteiger partial charge on any atom is -0.328 e. The number of hydrogen-bond donors (Lipinski definition) is 1. The molecule has 3 rings (SSSR count). The lowest BCUT2D eigenvalue weighted by atomic mass is 10.1. The Morgan fingerprint density at radius 3 is 2.71 bits per heavy atom. The van der Waals surface area contributed by atoms with E-state index in [0.717, 1.165) is 25.2 Å². The van der Waals surface area contributed by atoms with Crippen LogP contribution in [0.5, 0.6) is 0 Å². The lowest BCUT2D eigenvalue weighted by Gasteiger charge is -2.32. The van der Waals surface area contributed by atoms with Crippen LogP contribution >= 0.6 is 0 Å². The van der Waals surface area contributed by atoms with Crippen molar-refractivity contribution in [2.45, 2.75) is 6.54 Å². The standard InChI is InChI=1S/C17H18N4O3/c22-17(15-4-2-6-18-12-15)20-9-7-19(8-10-20)13-14-3-1-5-16(11-14)21(23)24/h1-6,11-12H,7-10,13H2/p+1. The molecule has 1 saturated heterocycles. The summed E-state index contributed by atoms with van der Waals surface area (Å²) in [6, 6.07) is 10.3. The Labute approximate surface area is 139 Å². The van der Waals surface area contributed by atoms with Gasteiger partial charge in [0.05, 0.1) is 36.7 Å². The first-order chi connectivity index (χ1) is 11.6. The molecule has 1 aliphatic rings. The maximum absolute atomic E-state index is 12.4. The number of nitrogens with zero attached hydrogens (tertiary/aromatic N) is 3. The Balaban J connectivity index is 1.56. The van der Waals surface area contributed by atoms with Crippen molar-refractivity contribution >= 4 is 11.6 Å². The van der Waals surface area contributed by atoms with Crippen molar-refractivity contribution in [1.82, 2.24) is 9.88 Å². The van der Waals surface area contributed by atoms with E-state index in [9.17, 15) is 14.9 Å². The largest absolute Gasteiger partial charge is 0.328 e. The highest BCUT2D eigenvalue weighted by molar-refractivity contribution is 5.93. The third-order valence-corrected chi connectivity index (χ3v) is 4.24. The molecule has 1 aliphatic heterocycles. The lowest BCUT2D eigenvalue weighted by molar-refractivity contribution is -0.917. The van der Waals surface area contributed by atoms with Crippen LogP contribution in [-0.4, -0.2) is 46.9 Å². The first kappa shape index (κ1) is 16.1. The molecule has 1 fully saturated rings. The van der Waals surface area contributed by atoms with Crippen LogP contribution in [0.25, 0.3) is 0 Å². The van der Waals surface area contributed by atoms with Crippen LogP contribution < -0.4 is 4.90 Å². The van der Waals surface area contributed by atoms with Crippen molar-refractivity contribution in [3.8, 4) is 0 Å². The van der Waals surface area contributed by atoms with E-state index in [2.05, 4.69) is 4.98 Å². The second-order valence-electron chi connectivity index (χ2n) is 5.89. The molecule has 7 heteroatoms. The monoisotopic (exact) mass is 327 g/mol. The number of hydrogen-bond acceptors (Lipinski definition) is 4. The maximum atomic E-state index is 12.4. The number of amides is 1. The number of non-ortho nitro benzene ring substituents is 1. The fourth-order valence-electron chi connectivity index (χ4n) is 2.94. The fraction of sp³-hybridized carbons (Fsp3) is 0.294. The summed E-state index contributed by atoms with van der Waals surface area (Å²) >= 11 is 0. The molecule has 0 unspecified atom stereocenters. The highest BCUT2D eigenvalue weighted by atomic mass is 16.6. The molecular formula is C17H19N4O3+. The maximum Gasteiger partial charge on any atom is 0.269 e. The van der Waals surface area contributed by atoms with Gasteiger partial charge in [0.25, 0.3) is 11.6 Å². The van der Waals surface area contributed by atoms with Gasteiger partial charge in [-0.05, 0) is 12.1 Å². The molecule has 1 aromatic heterocycles. The van der Waals surface area contributed by atoms with Gasteiger partial charge < -0.3 is 9.80 Å². The third kappa shape index (κ3) is 3.75. The van der Waals surface area contributed by atoms with E-state index in [4.69, 9.17) is 0 Å². The third-order valence-electron chi connectivity index (χ3n) is 4.24. The number of carbonyl (C=O) groups is 1. The van der Waals surface area contributed by atoms with Crippen LogP contribution in [0.3, 0.4) is 0 Å². The van der Waals surface area contributed by atoms with E-state index in [1.165, 1.54) is 11.0 Å². The van der Waals surface area contributed by atoms with Crippen LogP contribution in [0.1, 0.15) is 15.9 Å². The molecule has 124 valence electrons. The minimum absolute atomic E-state index is 0.0116. The number of quaternary nitrogens is 1. The summed E-state index contributed by atoms with van der Waals surface area (Å²) in [7, 11) is 0. The number of rotatable bonds is 4. The Hall–Kier alpha value is -2.80. The van der Waals surface area contributed by atoms with Gasteiger partial charge in [0.1, 0.15) is 6.54 Å². The number of aromatic nitrogens is 1. The quantitative estimate of drug-likeness (QED) is 0.656. The molecule has 0 aliphatic carbocycles. The molecule has 0 spiro atoms. The molecule has 1 amide bonds. The van der Waals surface area contributed by atoms with Gasteiger partial charge in [-0.25, -0.2) is 0 Å². The van der Waals surface area contributed by atoms with Crippen molar-refractivity contribution in [1.29, 1.82) is 0 Å². The molecule has 1 N–H and O–H groups in total. The zero-order valence-corrected chi connectivity index (χ0v) is 13.2. The smallest absolute Gasteiger partial charge is 0.269 e. The van der Waals surface area contributed by atoms with Gasteiger partial charge in [-0.2, -0.15) is 0 Å². The first-order valence-electron chi connectivity index (χ1n) is 7.89. The van der Waals surface area contributed by atoms with Gasteiger partial charge in [-0.15, -0.1) is 0 Å². The van der Waals surface area contributed by atoms with E-state index >= 15 is 0 Å². The second kappa shape index (κ2) is 7.18. The van der Waals surface area contributed by atoms with Crippen molar-refractivity contribution in [2.75, 3.05) is 26.2 Å². The normalized spacial score (nSPS) is 15.2. The number of benzene rings is 1. The number of nitrogens with one attached hydrogen (secondary N) is 1. The molecule has 0 bridgehead atoms. The number of pyridine rings is 1. The van der Waals surface area contributed by atoms with Gasteiger partial charge in [0.2, 0.25) is 0 Å². The summed E-state index contributed by atoms with van der Waals surface area (Å²) in [5.74, 6) is 0.0116. The molecule has 0 saturated carbocycles. The summed E-state index contributed by atoms with van der Waals surface area (Å²) in [5.41, 5.74) is 1.68. The van der Waals surface area contributed by atoms with Crippen LogP contribution in [0.4, 0.5) is 5.69 Å². The van der Waals surface area contributed by atoms with E-state index in [-0.39, 0.29) is 16.5 Å². The topological polar surface area (TPSA) is 80.8 Å². The lowest BCUT2D eigenvalue weighted by Crippen LogP contribution is -3.13. The van der Waals surface area contributed by atoms with Gasteiger partial charge in [0, 0.05) is 30.1 Å². The van der Waals surface area contributed by atoms with Gasteiger partial charge >= 0.3 is 0 Å². The highest BCUT2D eigenvalue weighted by Crippen LogP contribution is 2.12. The Morgan fingerprint density at radius 2 is 2.04 bits per heavy atom. The predicted molar refractivity (Wildman–Crippen MR) is 87.6 cm³/mol. The van der Waals surface area contributed by atoms with Crippen molar-refractivity contribution < 1.29 is 14.6 Å². The van der Waals surface area contributed by atoms with Crippen molar-refractivity contribution in [3.05, 3.63) is 70.0 Å². The average molecular weight is 327 g/mol. The van der Waals surface area contributed by atoms with Crippen molar-refractivity contribution in [3.63, 3.8) is 0 Å². The number of piperazine rings is 1. The molecule has 7 nitrogen and oxygen atoms in total. The molecule has 1 aromatic carbocycles. The van der Waals surface area contributed by atoms with E-state index in [0.29, 0.717) is 18.7 Å². The molecule has 0 atom stereocenters. The summed E-state index contributed by atoms with van der Waals surface area (Å²) < 4.78 is 0. The van der Waals surface area contributed by atoms with Gasteiger partial charge in [0.15, 0.2) is 0 Å². The van der Waals surface area contributed by atoms with Crippen LogP contribution in [0.15, 0.2) is 48.8 Å². The van der Waals surface area contributed by atoms with Crippen LogP contribution in [0, 0.1) is 10.1 Å². The zero-order chi connectivity index (χ0) is 16.9. The fourth-order valence-corrected chi connectivity index (χ4v) is 2.94. The zero-order valence-electron chi connectivity index (χ0n) is 13.2. The summed E-state index contributed by atoms with van der Waals surface area (Å²) in [5, 5.41) is 10.8. The SMILES string of the molecule is O=C(c1cccnc1)N1CC[NH+](Cc2cccc([N+](=O)[O-])c2)CC1. The summed E-state index contributed by atoms with van der Waals surface area (Å²) in [4.78, 5) is 30.0. The number of nitro groups is 1. The molecule has 0 radical (unpaired) electrons. The second-order valence-corrected chi connectivity index (χ2v) is 5.89. The first-order valence-corrected chi connectivity index (χ1v) is 7.89. The van der Waals surface area contributed by atoms with Gasteiger partial charge in [-0.3, -0.25) is 19.9 Å². The minimum atomic E-state index is -0.372. The number of nitro benzene ring substituents is 1. The summed E-state index contributed by atoms with van der Waals surface area (Å²) in [6.45, 7) is 3.75. The van der Waals surface area contributed by atoms with E-state index < -0.39 is 0 Å². The highest BCUT2D eigenvalue weighted by Gasteiger charge is 2.24. The van der Waals surface area contributed by atoms with E-state index in [1.54, 1.807) is 36.7 Å². The summed E-state index contributed by atoms with van der Waals surface area (Å²) in [6.07, 6.45) is 3.24. The Morgan fingerprint density at radius 1 is 1.25 bits per heavy atom. The van der Waals surface area contributed by atoms with Crippen molar-refractivity contribution in [2.24, 2.45) is 0 Å². The molecule has 2 aromatic rings. The predicted octanol–water partition coefficient (Wildman–Crippen LogP) is 0.531. The number of carbonyl (C=O) groups excluding carboxylic acids is 1. The molecular weight excluding hydrogens is 308 g/mol. The molecule has 24 heavy (non-hydrogen) atoms. The average Bonchev–Trinajstić information content (AvgIpc) is 2.63. The van der Waals surface area contributed by atoms with E-state index in [1.807, 2.05) is 11.0 Å². The molecule has 2 heterocycles. The van der Waals surface area contributed by atoms with Crippen LogP contribution in [-0.2, 0) is 6.54 Å². The Bertz CT molecular complexity index is 728. The van der Waals surface area contributed by atoms with Gasteiger partial charge in [-0.1, -0.05) is 12.1 Å².